The zero-order chi connectivity index (χ0) is 16.5. The van der Waals surface area contributed by atoms with Crippen LogP contribution in [0.1, 0.15) is 40.4 Å². The van der Waals surface area contributed by atoms with Gasteiger partial charge in [-0.3, -0.25) is 4.79 Å². The molecular formula is C16H24N4OS. The number of nitrogens with zero attached hydrogens (tertiary/aromatic N) is 3. The second-order valence-electron chi connectivity index (χ2n) is 6.48. The van der Waals surface area contributed by atoms with Crippen LogP contribution in [0.5, 0.6) is 0 Å². The summed E-state index contributed by atoms with van der Waals surface area (Å²) in [6.07, 6.45) is 0.775. The number of thiophene rings is 1. The molecule has 120 valence electrons. The molecule has 0 saturated carbocycles. The number of carbonyl (C=O) groups excluding carboxylic acids is 1. The summed E-state index contributed by atoms with van der Waals surface area (Å²) < 4.78 is 0. The van der Waals surface area contributed by atoms with E-state index in [1.807, 2.05) is 58.0 Å². The smallest absolute Gasteiger partial charge is 0.242 e. The average molecular weight is 320 g/mol. The van der Waals surface area contributed by atoms with Gasteiger partial charge in [0.25, 0.3) is 0 Å². The van der Waals surface area contributed by atoms with Crippen LogP contribution in [0.3, 0.4) is 0 Å². The lowest BCUT2D eigenvalue weighted by Gasteiger charge is -2.29. The second kappa shape index (κ2) is 6.20. The van der Waals surface area contributed by atoms with Crippen molar-refractivity contribution in [2.75, 3.05) is 11.9 Å². The highest BCUT2D eigenvalue weighted by Gasteiger charge is 2.25. The zero-order valence-corrected chi connectivity index (χ0v) is 14.9. The highest BCUT2D eigenvalue weighted by molar-refractivity contribution is 7.16. The van der Waals surface area contributed by atoms with Gasteiger partial charge >= 0.3 is 0 Å². The molecule has 0 aliphatic rings. The number of likely N-dealkylation sites (N-methyl/N-ethyl adjacent to an activating group) is 1. The van der Waals surface area contributed by atoms with Gasteiger partial charge in [0.05, 0.1) is 5.39 Å². The van der Waals surface area contributed by atoms with E-state index in [-0.39, 0.29) is 17.5 Å². The van der Waals surface area contributed by atoms with Gasteiger partial charge in [-0.25, -0.2) is 9.97 Å². The Hall–Kier alpha value is -1.69. The molecule has 1 atom stereocenters. The van der Waals surface area contributed by atoms with Gasteiger partial charge in [-0.05, 0) is 39.1 Å². The Morgan fingerprint density at radius 2 is 2.09 bits per heavy atom. The molecular weight excluding hydrogens is 296 g/mol. The van der Waals surface area contributed by atoms with Crippen molar-refractivity contribution in [3.63, 3.8) is 0 Å². The second-order valence-corrected chi connectivity index (χ2v) is 7.38. The summed E-state index contributed by atoms with van der Waals surface area (Å²) >= 11 is 1.60. The molecule has 22 heavy (non-hydrogen) atoms. The summed E-state index contributed by atoms with van der Waals surface area (Å²) in [5.74, 6) is 1.62. The topological polar surface area (TPSA) is 58.1 Å². The summed E-state index contributed by atoms with van der Waals surface area (Å²) in [5.41, 5.74) is -0.246. The Balaban J connectivity index is 2.34. The summed E-state index contributed by atoms with van der Waals surface area (Å²) in [6.45, 7) is 9.87. The van der Waals surface area contributed by atoms with Crippen molar-refractivity contribution in [2.45, 2.75) is 52.6 Å². The van der Waals surface area contributed by atoms with Crippen molar-refractivity contribution in [2.24, 2.45) is 0 Å². The van der Waals surface area contributed by atoms with E-state index in [4.69, 9.17) is 0 Å². The number of aromatic nitrogens is 2. The van der Waals surface area contributed by atoms with Crippen LogP contribution in [0.25, 0.3) is 10.2 Å². The number of anilines is 1. The lowest BCUT2D eigenvalue weighted by Crippen LogP contribution is -2.50. The van der Waals surface area contributed by atoms with Crippen molar-refractivity contribution in [1.29, 1.82) is 0 Å². The molecule has 0 aliphatic carbocycles. The zero-order valence-electron chi connectivity index (χ0n) is 14.1. The van der Waals surface area contributed by atoms with Crippen molar-refractivity contribution in [3.05, 3.63) is 17.3 Å². The number of nitrogens with one attached hydrogen (secondary N) is 1. The number of hydrogen-bond acceptors (Lipinski definition) is 5. The molecule has 1 N–H and O–H groups in total. The van der Waals surface area contributed by atoms with E-state index < -0.39 is 0 Å². The highest BCUT2D eigenvalue weighted by Crippen LogP contribution is 2.28. The van der Waals surface area contributed by atoms with Crippen molar-refractivity contribution in [3.8, 4) is 0 Å². The Morgan fingerprint density at radius 3 is 2.68 bits per heavy atom. The van der Waals surface area contributed by atoms with E-state index in [0.717, 1.165) is 28.3 Å². The van der Waals surface area contributed by atoms with Gasteiger partial charge in [-0.15, -0.1) is 11.3 Å². The summed E-state index contributed by atoms with van der Waals surface area (Å²) in [5, 5.41) is 6.03. The van der Waals surface area contributed by atoms with Crippen LogP contribution in [0, 0.1) is 0 Å². The van der Waals surface area contributed by atoms with Gasteiger partial charge < -0.3 is 10.2 Å². The summed E-state index contributed by atoms with van der Waals surface area (Å²) in [6, 6.07) is 1.71. The summed E-state index contributed by atoms with van der Waals surface area (Å²) in [4.78, 5) is 24.5. The molecule has 0 spiro atoms. The first kappa shape index (κ1) is 16.7. The third kappa shape index (κ3) is 3.55. The molecule has 0 aromatic carbocycles. The minimum atomic E-state index is -0.304. The van der Waals surface area contributed by atoms with Crippen LogP contribution < -0.4 is 10.2 Å². The van der Waals surface area contributed by atoms with Gasteiger partial charge in [-0.1, -0.05) is 6.92 Å². The normalized spacial score (nSPS) is 13.2. The lowest BCUT2D eigenvalue weighted by atomic mass is 10.1. The Bertz CT molecular complexity index is 674. The molecule has 2 aromatic rings. The number of rotatable bonds is 4. The molecule has 0 fully saturated rings. The Kier molecular flexibility index (Phi) is 4.70. The van der Waals surface area contributed by atoms with Crippen LogP contribution in [-0.4, -0.2) is 34.5 Å². The molecule has 0 radical (unpaired) electrons. The highest BCUT2D eigenvalue weighted by atomic mass is 32.1. The first-order chi connectivity index (χ1) is 10.2. The standard InChI is InChI=1S/C16H24N4OS/c1-7-12-17-13(11-8-9-22-15(11)18-12)20(6)10(2)14(21)19-16(3,4)5/h8-10H,7H2,1-6H3,(H,19,21)/t10-/m0/s1. The first-order valence-corrected chi connectivity index (χ1v) is 8.40. The van der Waals surface area contributed by atoms with Crippen LogP contribution in [-0.2, 0) is 11.2 Å². The molecule has 1 amide bonds. The van der Waals surface area contributed by atoms with Gasteiger partial charge in [0, 0.05) is 19.0 Å². The third-order valence-corrected chi connectivity index (χ3v) is 4.27. The molecule has 2 aromatic heterocycles. The molecule has 2 rings (SSSR count). The van der Waals surface area contributed by atoms with E-state index in [0.29, 0.717) is 0 Å². The van der Waals surface area contributed by atoms with Gasteiger partial charge in [-0.2, -0.15) is 0 Å². The van der Waals surface area contributed by atoms with Gasteiger partial charge in [0.2, 0.25) is 5.91 Å². The molecule has 0 saturated heterocycles. The number of carbonyl (C=O) groups is 1. The lowest BCUT2D eigenvalue weighted by molar-refractivity contribution is -0.123. The Labute approximate surface area is 135 Å². The molecule has 0 unspecified atom stereocenters. The van der Waals surface area contributed by atoms with E-state index in [1.54, 1.807) is 11.3 Å². The van der Waals surface area contributed by atoms with Crippen LogP contribution >= 0.6 is 11.3 Å². The van der Waals surface area contributed by atoms with E-state index in [2.05, 4.69) is 15.3 Å². The molecule has 6 heteroatoms. The minimum absolute atomic E-state index is 0.00459. The fourth-order valence-electron chi connectivity index (χ4n) is 2.14. The maximum Gasteiger partial charge on any atom is 0.242 e. The number of hydrogen-bond donors (Lipinski definition) is 1. The molecule has 5 nitrogen and oxygen atoms in total. The largest absolute Gasteiger partial charge is 0.350 e. The van der Waals surface area contributed by atoms with Crippen molar-refractivity contribution in [1.82, 2.24) is 15.3 Å². The fourth-order valence-corrected chi connectivity index (χ4v) is 2.92. The summed E-state index contributed by atoms with van der Waals surface area (Å²) in [7, 11) is 1.91. The van der Waals surface area contributed by atoms with E-state index in [1.165, 1.54) is 0 Å². The SMILES string of the molecule is CCc1nc(N(C)[C@@H](C)C(=O)NC(C)(C)C)c2ccsc2n1. The van der Waals surface area contributed by atoms with E-state index >= 15 is 0 Å². The fraction of sp³-hybridized carbons (Fsp3) is 0.562. The van der Waals surface area contributed by atoms with Gasteiger partial charge in [0.1, 0.15) is 22.5 Å². The van der Waals surface area contributed by atoms with Gasteiger partial charge in [0.15, 0.2) is 0 Å². The van der Waals surface area contributed by atoms with Crippen LogP contribution in [0.4, 0.5) is 5.82 Å². The molecule has 2 heterocycles. The predicted octanol–water partition coefficient (Wildman–Crippen LogP) is 2.99. The van der Waals surface area contributed by atoms with Crippen molar-refractivity contribution < 1.29 is 4.79 Å². The average Bonchev–Trinajstić information content (AvgIpc) is 2.90. The number of aryl methyl sites for hydroxylation is 1. The van der Waals surface area contributed by atoms with Crippen LogP contribution in [0.2, 0.25) is 0 Å². The molecule has 0 aliphatic heterocycles. The Morgan fingerprint density at radius 1 is 1.41 bits per heavy atom. The third-order valence-electron chi connectivity index (χ3n) is 3.46. The minimum Gasteiger partial charge on any atom is -0.350 e. The maximum atomic E-state index is 12.4. The van der Waals surface area contributed by atoms with Crippen LogP contribution in [0.15, 0.2) is 11.4 Å². The number of fused-ring (bicyclic) bond motifs is 1. The maximum absolute atomic E-state index is 12.4. The molecule has 0 bridgehead atoms. The first-order valence-electron chi connectivity index (χ1n) is 7.52. The van der Waals surface area contributed by atoms with E-state index in [9.17, 15) is 4.79 Å². The predicted molar refractivity (Wildman–Crippen MR) is 92.6 cm³/mol. The number of amides is 1. The van der Waals surface area contributed by atoms with Crippen molar-refractivity contribution >= 4 is 33.3 Å². The monoisotopic (exact) mass is 320 g/mol. The quantitative estimate of drug-likeness (QED) is 0.941.